The molecule has 0 N–H and O–H groups in total. The number of carbonyl (C=O) groups is 3. The van der Waals surface area contributed by atoms with Crippen molar-refractivity contribution in [1.82, 2.24) is 24.6 Å². The first-order chi connectivity index (χ1) is 16.7. The maximum Gasteiger partial charge on any atom is 0.241 e. The highest BCUT2D eigenvalue weighted by Gasteiger charge is 2.54. The summed E-state index contributed by atoms with van der Waals surface area (Å²) in [6, 6.07) is 13.1. The highest BCUT2D eigenvalue weighted by Crippen LogP contribution is 2.42. The van der Waals surface area contributed by atoms with Gasteiger partial charge in [-0.15, -0.1) is 0 Å². The molecule has 182 valence electrons. The average molecular weight is 474 g/mol. The van der Waals surface area contributed by atoms with Crippen molar-refractivity contribution in [3.63, 3.8) is 0 Å². The molecule has 0 unspecified atom stereocenters. The van der Waals surface area contributed by atoms with Crippen LogP contribution in [0.25, 0.3) is 0 Å². The van der Waals surface area contributed by atoms with E-state index in [1.165, 1.54) is 4.90 Å². The summed E-state index contributed by atoms with van der Waals surface area (Å²) in [6.07, 6.45) is 3.17. The lowest BCUT2D eigenvalue weighted by atomic mass is 9.74. The molecule has 1 aromatic carbocycles. The monoisotopic (exact) mass is 473 g/mol. The number of aryl methyl sites for hydroxylation is 3. The molecule has 1 saturated heterocycles. The fourth-order valence-electron chi connectivity index (χ4n) is 4.85. The van der Waals surface area contributed by atoms with Crippen molar-refractivity contribution in [2.45, 2.75) is 52.1 Å². The van der Waals surface area contributed by atoms with Gasteiger partial charge in [-0.2, -0.15) is 5.10 Å². The second kappa shape index (κ2) is 9.82. The van der Waals surface area contributed by atoms with Gasteiger partial charge in [0.1, 0.15) is 0 Å². The summed E-state index contributed by atoms with van der Waals surface area (Å²) in [7, 11) is 1.73. The van der Waals surface area contributed by atoms with E-state index in [0.717, 1.165) is 28.1 Å². The van der Waals surface area contributed by atoms with Gasteiger partial charge in [0.05, 0.1) is 24.2 Å². The van der Waals surface area contributed by atoms with Gasteiger partial charge in [-0.3, -0.25) is 28.9 Å². The number of pyridine rings is 1. The molecule has 1 atom stereocenters. The van der Waals surface area contributed by atoms with Crippen LogP contribution in [0.1, 0.15) is 40.9 Å². The number of likely N-dealkylation sites (tertiary alicyclic amines) is 1. The van der Waals surface area contributed by atoms with Gasteiger partial charge in [0.2, 0.25) is 17.7 Å². The maximum absolute atomic E-state index is 13.9. The molecule has 3 heterocycles. The minimum atomic E-state index is -1.22. The second-order valence-electron chi connectivity index (χ2n) is 9.36. The van der Waals surface area contributed by atoms with Crippen molar-refractivity contribution < 1.29 is 14.4 Å². The molecule has 1 aliphatic rings. The zero-order chi connectivity index (χ0) is 25.2. The Morgan fingerprint density at radius 2 is 1.80 bits per heavy atom. The number of imide groups is 1. The van der Waals surface area contributed by atoms with Gasteiger partial charge in [0, 0.05) is 44.5 Å². The van der Waals surface area contributed by atoms with Crippen LogP contribution in [-0.4, -0.2) is 55.9 Å². The van der Waals surface area contributed by atoms with E-state index in [0.29, 0.717) is 13.1 Å². The van der Waals surface area contributed by atoms with Crippen molar-refractivity contribution >= 4 is 17.7 Å². The maximum atomic E-state index is 13.9. The van der Waals surface area contributed by atoms with E-state index < -0.39 is 5.41 Å². The van der Waals surface area contributed by atoms with Gasteiger partial charge < -0.3 is 4.90 Å². The van der Waals surface area contributed by atoms with Crippen LogP contribution >= 0.6 is 0 Å². The summed E-state index contributed by atoms with van der Waals surface area (Å²) in [6.45, 7) is 7.00. The zero-order valence-corrected chi connectivity index (χ0v) is 20.7. The van der Waals surface area contributed by atoms with Crippen molar-refractivity contribution in [1.29, 1.82) is 0 Å². The first kappa shape index (κ1) is 24.3. The molecule has 3 aromatic rings. The van der Waals surface area contributed by atoms with E-state index in [1.54, 1.807) is 36.5 Å². The number of amides is 3. The van der Waals surface area contributed by atoms with E-state index in [2.05, 4.69) is 10.1 Å². The smallest absolute Gasteiger partial charge is 0.241 e. The van der Waals surface area contributed by atoms with Crippen molar-refractivity contribution in [2.75, 3.05) is 13.6 Å². The molecule has 3 amide bonds. The fraction of sp³-hybridized carbons (Fsp3) is 0.370. The van der Waals surface area contributed by atoms with E-state index >= 15 is 0 Å². The van der Waals surface area contributed by atoms with E-state index in [-0.39, 0.29) is 37.1 Å². The van der Waals surface area contributed by atoms with Gasteiger partial charge in [-0.1, -0.05) is 24.3 Å². The number of benzene rings is 1. The Morgan fingerprint density at radius 1 is 1.09 bits per heavy atom. The number of hydrogen-bond acceptors (Lipinski definition) is 5. The molecular formula is C27H31N5O3. The molecular weight excluding hydrogens is 442 g/mol. The third-order valence-corrected chi connectivity index (χ3v) is 6.79. The lowest BCUT2D eigenvalue weighted by molar-refractivity contribution is -0.143. The summed E-state index contributed by atoms with van der Waals surface area (Å²) >= 11 is 0. The predicted octanol–water partition coefficient (Wildman–Crippen LogP) is 2.95. The Hall–Kier alpha value is -3.81. The highest BCUT2D eigenvalue weighted by molar-refractivity contribution is 6.10. The lowest BCUT2D eigenvalue weighted by Gasteiger charge is -2.30. The highest BCUT2D eigenvalue weighted by atomic mass is 16.2. The number of carbonyl (C=O) groups excluding carboxylic acids is 3. The normalized spacial score (nSPS) is 17.8. The minimum absolute atomic E-state index is 0.0290. The molecule has 35 heavy (non-hydrogen) atoms. The summed E-state index contributed by atoms with van der Waals surface area (Å²) in [5, 5.41) is 4.46. The average Bonchev–Trinajstić information content (AvgIpc) is 3.28. The number of rotatable bonds is 8. The van der Waals surface area contributed by atoms with Crippen LogP contribution in [-0.2, 0) is 32.9 Å². The van der Waals surface area contributed by atoms with Crippen LogP contribution in [0.4, 0.5) is 0 Å². The summed E-state index contributed by atoms with van der Waals surface area (Å²) in [4.78, 5) is 47.4. The molecule has 1 fully saturated rings. The largest absolute Gasteiger partial charge is 0.344 e. The Morgan fingerprint density at radius 3 is 2.46 bits per heavy atom. The number of hydrogen-bond donors (Lipinski definition) is 0. The quantitative estimate of drug-likeness (QED) is 0.470. The first-order valence-electron chi connectivity index (χ1n) is 11.8. The first-order valence-corrected chi connectivity index (χ1v) is 11.8. The lowest BCUT2D eigenvalue weighted by Crippen LogP contribution is -2.43. The summed E-state index contributed by atoms with van der Waals surface area (Å²) in [5.74, 6) is -0.774. The second-order valence-corrected chi connectivity index (χ2v) is 9.36. The summed E-state index contributed by atoms with van der Waals surface area (Å²) < 4.78 is 1.87. The molecule has 2 aromatic heterocycles. The molecule has 1 aliphatic heterocycles. The minimum Gasteiger partial charge on any atom is -0.344 e. The molecule has 0 aliphatic carbocycles. The van der Waals surface area contributed by atoms with Gasteiger partial charge in [0.25, 0.3) is 0 Å². The van der Waals surface area contributed by atoms with Crippen LogP contribution < -0.4 is 0 Å². The van der Waals surface area contributed by atoms with Gasteiger partial charge in [-0.05, 0) is 55.7 Å². The molecule has 4 rings (SSSR count). The molecule has 8 nitrogen and oxygen atoms in total. The molecule has 0 radical (unpaired) electrons. The number of aromatic nitrogens is 3. The third kappa shape index (κ3) is 4.87. The van der Waals surface area contributed by atoms with Gasteiger partial charge >= 0.3 is 0 Å². The Bertz CT molecular complexity index is 1250. The molecule has 0 bridgehead atoms. The van der Waals surface area contributed by atoms with Crippen LogP contribution in [0.5, 0.6) is 0 Å². The number of nitrogens with zero attached hydrogens (tertiary/aromatic N) is 5. The van der Waals surface area contributed by atoms with E-state index in [1.807, 2.05) is 55.8 Å². The third-order valence-electron chi connectivity index (χ3n) is 6.79. The van der Waals surface area contributed by atoms with Gasteiger partial charge in [0.15, 0.2) is 0 Å². The van der Waals surface area contributed by atoms with Crippen molar-refractivity contribution in [3.8, 4) is 0 Å². The standard InChI is InChI=1S/C27H31N5O3/c1-19-7-5-6-8-23(19)27(16-24(33)30(4)13-14-32-21(3)15-20(2)29-32)17-25(34)31(26(27)35)18-22-9-11-28-12-10-22/h5-12,15H,13-14,16-18H2,1-4H3/t27-/m0/s1. The molecule has 8 heteroatoms. The van der Waals surface area contributed by atoms with Crippen LogP contribution in [0.3, 0.4) is 0 Å². The topological polar surface area (TPSA) is 88.4 Å². The van der Waals surface area contributed by atoms with Crippen molar-refractivity contribution in [2.24, 2.45) is 0 Å². The Kier molecular flexibility index (Phi) is 6.82. The Labute approximate surface area is 205 Å². The van der Waals surface area contributed by atoms with Crippen molar-refractivity contribution in [3.05, 3.63) is 82.9 Å². The van der Waals surface area contributed by atoms with Crippen LogP contribution in [0.15, 0.2) is 54.9 Å². The predicted molar refractivity (Wildman–Crippen MR) is 131 cm³/mol. The van der Waals surface area contributed by atoms with E-state index in [9.17, 15) is 14.4 Å². The van der Waals surface area contributed by atoms with Crippen LogP contribution in [0, 0.1) is 20.8 Å². The Balaban J connectivity index is 1.59. The zero-order valence-electron chi connectivity index (χ0n) is 20.7. The number of likely N-dealkylation sites (N-methyl/N-ethyl adjacent to an activating group) is 1. The molecule has 0 spiro atoms. The molecule has 0 saturated carbocycles. The van der Waals surface area contributed by atoms with E-state index in [4.69, 9.17) is 0 Å². The van der Waals surface area contributed by atoms with Crippen LogP contribution in [0.2, 0.25) is 0 Å². The van der Waals surface area contributed by atoms with Gasteiger partial charge in [-0.25, -0.2) is 0 Å². The SMILES string of the molecule is Cc1cc(C)n(CCN(C)C(=O)C[C@@]2(c3ccccc3C)CC(=O)N(Cc3ccncc3)C2=O)n1. The fourth-order valence-corrected chi connectivity index (χ4v) is 4.85. The summed E-state index contributed by atoms with van der Waals surface area (Å²) in [5.41, 5.74) is 3.17.